The topological polar surface area (TPSA) is 57.5 Å². The van der Waals surface area contributed by atoms with Gasteiger partial charge in [-0.25, -0.2) is 0 Å². The van der Waals surface area contributed by atoms with Gasteiger partial charge in [0.05, 0.1) is 20.6 Å². The molecular weight excluding hydrogens is 242 g/mol. The number of hydrogen-bond acceptors (Lipinski definition) is 2. The molecule has 112 valence electrons. The molecule has 0 bridgehead atoms. The lowest BCUT2D eigenvalue weighted by Gasteiger charge is -2.31. The van der Waals surface area contributed by atoms with Crippen molar-refractivity contribution in [3.8, 4) is 0 Å². The number of unbranched alkanes of at least 4 members (excludes halogenated alkanes) is 3. The van der Waals surface area contributed by atoms with Crippen LogP contribution in [0, 0.1) is 0 Å². The van der Waals surface area contributed by atoms with E-state index in [-0.39, 0.29) is 6.42 Å². The summed E-state index contributed by atoms with van der Waals surface area (Å²) >= 11 is 0. The molecule has 0 fully saturated rings. The highest BCUT2D eigenvalue weighted by Crippen LogP contribution is 2.07. The van der Waals surface area contributed by atoms with Gasteiger partial charge in [0, 0.05) is 6.42 Å². The van der Waals surface area contributed by atoms with Crippen molar-refractivity contribution >= 4 is 5.97 Å². The second-order valence-corrected chi connectivity index (χ2v) is 5.83. The number of carboxylic acid groups (broad SMARTS) is 1. The van der Waals surface area contributed by atoms with Crippen molar-refractivity contribution in [3.05, 3.63) is 12.2 Å². The summed E-state index contributed by atoms with van der Waals surface area (Å²) < 4.78 is 0.721. The zero-order valence-corrected chi connectivity index (χ0v) is 12.6. The monoisotopic (exact) mass is 272 g/mol. The minimum atomic E-state index is -0.732. The minimum absolute atomic E-state index is 0.236. The third-order valence-corrected chi connectivity index (χ3v) is 3.17. The van der Waals surface area contributed by atoms with E-state index < -0.39 is 12.1 Å². The van der Waals surface area contributed by atoms with Crippen LogP contribution in [-0.2, 0) is 4.79 Å². The highest BCUT2D eigenvalue weighted by Gasteiger charge is 2.18. The first-order valence-corrected chi connectivity index (χ1v) is 7.26. The molecule has 0 spiro atoms. The number of carbonyl (C=O) groups is 1. The first-order chi connectivity index (χ1) is 8.87. The lowest BCUT2D eigenvalue weighted by Crippen LogP contribution is -2.45. The average molecular weight is 272 g/mol. The molecule has 4 nitrogen and oxygen atoms in total. The SMILES string of the molecule is CCCC/C=C/C(O)C[N+](C)(C)CCCCC(=O)O. The number of allylic oxidation sites excluding steroid dienone is 1. The van der Waals surface area contributed by atoms with Crippen LogP contribution < -0.4 is 0 Å². The molecular formula is C15H30NO3+. The van der Waals surface area contributed by atoms with Gasteiger partial charge >= 0.3 is 5.97 Å². The van der Waals surface area contributed by atoms with Crippen LogP contribution in [0.3, 0.4) is 0 Å². The fourth-order valence-corrected chi connectivity index (χ4v) is 2.05. The van der Waals surface area contributed by atoms with Gasteiger partial charge in [-0.1, -0.05) is 31.9 Å². The summed E-state index contributed by atoms with van der Waals surface area (Å²) in [7, 11) is 4.15. The Morgan fingerprint density at radius 3 is 2.53 bits per heavy atom. The van der Waals surface area contributed by atoms with Crippen LogP contribution in [0.2, 0.25) is 0 Å². The number of quaternary nitrogens is 1. The summed E-state index contributed by atoms with van der Waals surface area (Å²) in [4.78, 5) is 10.4. The van der Waals surface area contributed by atoms with Crippen LogP contribution in [0.15, 0.2) is 12.2 Å². The summed E-state index contributed by atoms with van der Waals surface area (Å²) in [5.41, 5.74) is 0. The Morgan fingerprint density at radius 2 is 1.95 bits per heavy atom. The van der Waals surface area contributed by atoms with E-state index in [1.165, 1.54) is 6.42 Å². The molecule has 0 aromatic rings. The Bertz CT molecular complexity index is 275. The Labute approximate surface area is 117 Å². The Kier molecular flexibility index (Phi) is 9.53. The number of rotatable bonds is 11. The second kappa shape index (κ2) is 9.98. The summed E-state index contributed by atoms with van der Waals surface area (Å²) in [6.07, 6.45) is 8.71. The zero-order chi connectivity index (χ0) is 14.7. The quantitative estimate of drug-likeness (QED) is 0.345. The van der Waals surface area contributed by atoms with E-state index in [0.29, 0.717) is 13.0 Å². The van der Waals surface area contributed by atoms with Gasteiger partial charge in [0.25, 0.3) is 0 Å². The maximum Gasteiger partial charge on any atom is 0.303 e. The largest absolute Gasteiger partial charge is 0.481 e. The number of aliphatic carboxylic acids is 1. The molecule has 0 rings (SSSR count). The lowest BCUT2D eigenvalue weighted by atomic mass is 10.2. The van der Waals surface area contributed by atoms with E-state index in [1.54, 1.807) is 0 Å². The molecule has 0 amide bonds. The molecule has 1 unspecified atom stereocenters. The molecule has 0 saturated carbocycles. The van der Waals surface area contributed by atoms with Gasteiger partial charge in [0.1, 0.15) is 12.6 Å². The van der Waals surface area contributed by atoms with Crippen LogP contribution in [0.25, 0.3) is 0 Å². The first-order valence-electron chi connectivity index (χ1n) is 7.26. The zero-order valence-electron chi connectivity index (χ0n) is 12.6. The van der Waals surface area contributed by atoms with E-state index in [1.807, 2.05) is 6.08 Å². The predicted octanol–water partition coefficient (Wildman–Crippen LogP) is 2.42. The molecule has 0 saturated heterocycles. The summed E-state index contributed by atoms with van der Waals surface area (Å²) in [5, 5.41) is 18.5. The predicted molar refractivity (Wildman–Crippen MR) is 78.0 cm³/mol. The number of nitrogens with zero attached hydrogens (tertiary/aromatic N) is 1. The number of hydrogen-bond donors (Lipinski definition) is 2. The van der Waals surface area contributed by atoms with E-state index in [0.717, 1.165) is 30.3 Å². The van der Waals surface area contributed by atoms with Crippen molar-refractivity contribution < 1.29 is 19.5 Å². The van der Waals surface area contributed by atoms with Crippen molar-refractivity contribution in [2.75, 3.05) is 27.2 Å². The molecule has 0 aromatic carbocycles. The fraction of sp³-hybridized carbons (Fsp3) is 0.800. The average Bonchev–Trinajstić information content (AvgIpc) is 2.29. The standard InChI is InChI=1S/C15H29NO3/c1-4-5-6-7-10-14(17)13-16(2,3)12-9-8-11-15(18)19/h7,10,14,17H,4-6,8-9,11-13H2,1-3H3/p+1/b10-7+. The normalized spacial score (nSPS) is 13.9. The molecule has 0 aliphatic carbocycles. The fourth-order valence-electron chi connectivity index (χ4n) is 2.05. The number of carboxylic acids is 1. The van der Waals surface area contributed by atoms with Gasteiger partial charge < -0.3 is 14.7 Å². The molecule has 19 heavy (non-hydrogen) atoms. The third-order valence-electron chi connectivity index (χ3n) is 3.17. The van der Waals surface area contributed by atoms with Crippen molar-refractivity contribution in [1.29, 1.82) is 0 Å². The summed E-state index contributed by atoms with van der Waals surface area (Å²) in [6.45, 7) is 3.73. The number of likely N-dealkylation sites (N-methyl/N-ethyl adjacent to an activating group) is 1. The summed E-state index contributed by atoms with van der Waals surface area (Å²) in [6, 6.07) is 0. The van der Waals surface area contributed by atoms with Crippen molar-refractivity contribution in [2.45, 2.75) is 51.6 Å². The second-order valence-electron chi connectivity index (χ2n) is 5.83. The van der Waals surface area contributed by atoms with Crippen LogP contribution in [0.4, 0.5) is 0 Å². The van der Waals surface area contributed by atoms with Crippen LogP contribution in [-0.4, -0.2) is 54.0 Å². The van der Waals surface area contributed by atoms with E-state index in [9.17, 15) is 9.90 Å². The van der Waals surface area contributed by atoms with Crippen molar-refractivity contribution in [3.63, 3.8) is 0 Å². The van der Waals surface area contributed by atoms with Gasteiger partial charge in [-0.2, -0.15) is 0 Å². The van der Waals surface area contributed by atoms with Gasteiger partial charge in [-0.15, -0.1) is 0 Å². The molecule has 1 atom stereocenters. The van der Waals surface area contributed by atoms with E-state index in [2.05, 4.69) is 27.1 Å². The number of aliphatic hydroxyl groups is 1. The lowest BCUT2D eigenvalue weighted by molar-refractivity contribution is -0.892. The molecule has 4 heteroatoms. The van der Waals surface area contributed by atoms with Gasteiger partial charge in [-0.05, 0) is 19.3 Å². The van der Waals surface area contributed by atoms with E-state index >= 15 is 0 Å². The maximum absolute atomic E-state index is 10.4. The Morgan fingerprint density at radius 1 is 1.26 bits per heavy atom. The van der Waals surface area contributed by atoms with Crippen LogP contribution >= 0.6 is 0 Å². The molecule has 0 aliphatic heterocycles. The van der Waals surface area contributed by atoms with E-state index in [4.69, 9.17) is 5.11 Å². The van der Waals surface area contributed by atoms with Gasteiger partial charge in [0.2, 0.25) is 0 Å². The highest BCUT2D eigenvalue weighted by molar-refractivity contribution is 5.66. The van der Waals surface area contributed by atoms with Crippen molar-refractivity contribution in [1.82, 2.24) is 0 Å². The molecule has 0 heterocycles. The molecule has 2 N–H and O–H groups in total. The minimum Gasteiger partial charge on any atom is -0.481 e. The van der Waals surface area contributed by atoms with Gasteiger partial charge in [-0.3, -0.25) is 4.79 Å². The number of aliphatic hydroxyl groups excluding tert-OH is 1. The smallest absolute Gasteiger partial charge is 0.303 e. The van der Waals surface area contributed by atoms with Crippen LogP contribution in [0.5, 0.6) is 0 Å². The molecule has 0 radical (unpaired) electrons. The van der Waals surface area contributed by atoms with Crippen molar-refractivity contribution in [2.24, 2.45) is 0 Å². The third kappa shape index (κ3) is 11.9. The highest BCUT2D eigenvalue weighted by atomic mass is 16.4. The summed E-state index contributed by atoms with van der Waals surface area (Å²) in [5.74, 6) is -0.732. The molecule has 0 aliphatic rings. The Hall–Kier alpha value is -0.870. The van der Waals surface area contributed by atoms with Gasteiger partial charge in [0.15, 0.2) is 0 Å². The Balaban J connectivity index is 3.86. The first kappa shape index (κ1) is 18.1. The van der Waals surface area contributed by atoms with Crippen LogP contribution in [0.1, 0.15) is 45.4 Å². The molecule has 0 aromatic heterocycles. The maximum atomic E-state index is 10.4.